The largest absolute Gasteiger partial charge is 0.395 e. The summed E-state index contributed by atoms with van der Waals surface area (Å²) in [5, 5.41) is 9.39. The summed E-state index contributed by atoms with van der Waals surface area (Å²) >= 11 is 0. The number of anilines is 1. The van der Waals surface area contributed by atoms with Crippen molar-refractivity contribution in [3.05, 3.63) is 59.7 Å². The van der Waals surface area contributed by atoms with E-state index in [-0.39, 0.29) is 36.5 Å². The second-order valence-corrected chi connectivity index (χ2v) is 8.95. The molecule has 1 aliphatic rings. The van der Waals surface area contributed by atoms with Crippen LogP contribution >= 0.6 is 0 Å². The van der Waals surface area contributed by atoms with Crippen molar-refractivity contribution in [1.29, 1.82) is 0 Å². The molecule has 3 rings (SSSR count). The number of carbonyl (C=O) groups excluding carboxylic acids is 1. The first-order valence-corrected chi connectivity index (χ1v) is 10.9. The van der Waals surface area contributed by atoms with Crippen LogP contribution in [0.2, 0.25) is 0 Å². The van der Waals surface area contributed by atoms with Gasteiger partial charge in [0.05, 0.1) is 11.5 Å². The fourth-order valence-electron chi connectivity index (χ4n) is 3.65. The number of fused-ring (bicyclic) bond motifs is 1. The molecule has 150 valence electrons. The molecule has 28 heavy (non-hydrogen) atoms. The summed E-state index contributed by atoms with van der Waals surface area (Å²) in [6, 6.07) is 14.3. The topological polar surface area (TPSA) is 77.9 Å². The van der Waals surface area contributed by atoms with Gasteiger partial charge in [0.25, 0.3) is 0 Å². The van der Waals surface area contributed by atoms with Crippen LogP contribution in [0, 0.1) is 0 Å². The van der Waals surface area contributed by atoms with Crippen LogP contribution in [0.15, 0.2) is 53.4 Å². The molecule has 0 fully saturated rings. The summed E-state index contributed by atoms with van der Waals surface area (Å²) in [5.74, 6) is 0.0350. The normalized spacial score (nSPS) is 16.4. The molecule has 6 nitrogen and oxygen atoms in total. The van der Waals surface area contributed by atoms with Crippen molar-refractivity contribution in [2.75, 3.05) is 18.1 Å². The molecule has 1 N–H and O–H groups in total. The molecule has 0 saturated carbocycles. The number of benzene rings is 2. The zero-order valence-corrected chi connectivity index (χ0v) is 17.0. The number of sulfonamides is 1. The maximum Gasteiger partial charge on any atom is 0.243 e. The van der Waals surface area contributed by atoms with Crippen LogP contribution < -0.4 is 4.90 Å². The Morgan fingerprint density at radius 1 is 1.21 bits per heavy atom. The van der Waals surface area contributed by atoms with Crippen molar-refractivity contribution >= 4 is 21.6 Å². The van der Waals surface area contributed by atoms with Gasteiger partial charge in [-0.25, -0.2) is 8.42 Å². The minimum absolute atomic E-state index is 0.0123. The van der Waals surface area contributed by atoms with Gasteiger partial charge in [-0.1, -0.05) is 37.3 Å². The molecule has 0 bridgehead atoms. The summed E-state index contributed by atoms with van der Waals surface area (Å²) in [6.45, 7) is 3.74. The molecule has 0 saturated heterocycles. The van der Waals surface area contributed by atoms with E-state index in [1.54, 1.807) is 23.1 Å². The van der Waals surface area contributed by atoms with Crippen molar-refractivity contribution in [2.24, 2.45) is 0 Å². The first-order chi connectivity index (χ1) is 13.4. The van der Waals surface area contributed by atoms with Crippen molar-refractivity contribution in [2.45, 2.75) is 44.2 Å². The van der Waals surface area contributed by atoms with Gasteiger partial charge in [0, 0.05) is 31.2 Å². The number of aliphatic hydroxyl groups is 1. The summed E-state index contributed by atoms with van der Waals surface area (Å²) in [7, 11) is -3.77. The maximum absolute atomic E-state index is 13.2. The van der Waals surface area contributed by atoms with E-state index in [4.69, 9.17) is 0 Å². The molecule has 2 aromatic carbocycles. The molecule has 2 aromatic rings. The van der Waals surface area contributed by atoms with Crippen molar-refractivity contribution in [1.82, 2.24) is 4.31 Å². The summed E-state index contributed by atoms with van der Waals surface area (Å²) in [4.78, 5) is 14.2. The summed E-state index contributed by atoms with van der Waals surface area (Å²) < 4.78 is 27.7. The van der Waals surface area contributed by atoms with Crippen molar-refractivity contribution in [3.63, 3.8) is 0 Å². The Hall–Kier alpha value is -2.22. The third-order valence-electron chi connectivity index (χ3n) is 5.03. The Bertz CT molecular complexity index is 944. The lowest BCUT2D eigenvalue weighted by Gasteiger charge is -2.23. The van der Waals surface area contributed by atoms with Crippen molar-refractivity contribution in [3.8, 4) is 0 Å². The van der Waals surface area contributed by atoms with Gasteiger partial charge in [-0.3, -0.25) is 4.79 Å². The van der Waals surface area contributed by atoms with E-state index in [1.807, 2.05) is 44.2 Å². The molecule has 0 spiro atoms. The molecule has 1 aliphatic heterocycles. The van der Waals surface area contributed by atoms with Crippen LogP contribution in [0.5, 0.6) is 0 Å². The van der Waals surface area contributed by atoms with Gasteiger partial charge in [0.1, 0.15) is 0 Å². The van der Waals surface area contributed by atoms with E-state index in [0.29, 0.717) is 12.8 Å². The first-order valence-electron chi connectivity index (χ1n) is 9.48. The number of hydrogen-bond acceptors (Lipinski definition) is 4. The Kier molecular flexibility index (Phi) is 6.17. The highest BCUT2D eigenvalue weighted by Gasteiger charge is 2.32. The molecule has 0 unspecified atom stereocenters. The lowest BCUT2D eigenvalue weighted by molar-refractivity contribution is -0.118. The van der Waals surface area contributed by atoms with E-state index in [0.717, 1.165) is 16.8 Å². The lowest BCUT2D eigenvalue weighted by Crippen LogP contribution is -2.35. The number of aliphatic hydroxyl groups excluding tert-OH is 1. The van der Waals surface area contributed by atoms with Crippen molar-refractivity contribution < 1.29 is 18.3 Å². The van der Waals surface area contributed by atoms with Crippen LogP contribution in [0.4, 0.5) is 5.69 Å². The Balaban J connectivity index is 1.93. The predicted molar refractivity (Wildman–Crippen MR) is 109 cm³/mol. The average Bonchev–Trinajstić information content (AvgIpc) is 3.02. The monoisotopic (exact) mass is 402 g/mol. The van der Waals surface area contributed by atoms with Gasteiger partial charge in [-0.15, -0.1) is 0 Å². The number of rotatable bonds is 7. The molecular weight excluding hydrogens is 376 g/mol. The zero-order chi connectivity index (χ0) is 20.3. The zero-order valence-electron chi connectivity index (χ0n) is 16.2. The smallest absolute Gasteiger partial charge is 0.243 e. The van der Waals surface area contributed by atoms with Gasteiger partial charge >= 0.3 is 0 Å². The molecule has 7 heteroatoms. The van der Waals surface area contributed by atoms with E-state index >= 15 is 0 Å². The second-order valence-electron chi connectivity index (χ2n) is 7.01. The first kappa shape index (κ1) is 20.5. The minimum atomic E-state index is -3.77. The van der Waals surface area contributed by atoms with Gasteiger partial charge in [-0.2, -0.15) is 4.31 Å². The predicted octanol–water partition coefficient (Wildman–Crippen LogP) is 2.56. The van der Waals surface area contributed by atoms with Gasteiger partial charge in [0.15, 0.2) is 0 Å². The molecule has 0 radical (unpaired) electrons. The second kappa shape index (κ2) is 8.43. The minimum Gasteiger partial charge on any atom is -0.395 e. The third kappa shape index (κ3) is 3.97. The quantitative estimate of drug-likeness (QED) is 0.772. The summed E-state index contributed by atoms with van der Waals surface area (Å²) in [5.41, 5.74) is 2.50. The fraction of sp³-hybridized carbons (Fsp3) is 0.381. The SMILES string of the molecule is CCC(=O)N1c2ccc(S(=O)(=O)N(CCO)Cc3ccccc3)cc2C[C@H]1C. The van der Waals surface area contributed by atoms with Gasteiger partial charge in [-0.05, 0) is 42.7 Å². The molecule has 0 aromatic heterocycles. The average molecular weight is 403 g/mol. The standard InChI is InChI=1S/C21H26N2O4S/c1-3-21(25)23-16(2)13-18-14-19(9-10-20(18)23)28(26,27)22(11-12-24)15-17-7-5-4-6-8-17/h4-10,14,16,24H,3,11-13,15H2,1-2H3/t16-/m1/s1. The van der Waals surface area contributed by atoms with E-state index in [9.17, 15) is 18.3 Å². The Morgan fingerprint density at radius 2 is 1.93 bits per heavy atom. The number of nitrogens with zero attached hydrogens (tertiary/aromatic N) is 2. The number of amides is 1. The Morgan fingerprint density at radius 3 is 2.57 bits per heavy atom. The lowest BCUT2D eigenvalue weighted by atomic mass is 10.1. The van der Waals surface area contributed by atoms with Crippen LogP contribution in [-0.4, -0.2) is 42.9 Å². The van der Waals surface area contributed by atoms with Crippen LogP contribution in [0.3, 0.4) is 0 Å². The fourth-order valence-corrected chi connectivity index (χ4v) is 5.12. The maximum atomic E-state index is 13.2. The third-order valence-corrected chi connectivity index (χ3v) is 6.87. The molecule has 1 amide bonds. The van der Waals surface area contributed by atoms with Crippen LogP contribution in [-0.2, 0) is 27.8 Å². The van der Waals surface area contributed by atoms with Crippen LogP contribution in [0.1, 0.15) is 31.4 Å². The highest BCUT2D eigenvalue weighted by Crippen LogP contribution is 2.35. The van der Waals surface area contributed by atoms with E-state index in [1.165, 1.54) is 4.31 Å². The summed E-state index contributed by atoms with van der Waals surface area (Å²) in [6.07, 6.45) is 1.04. The highest BCUT2D eigenvalue weighted by atomic mass is 32.2. The molecule has 1 heterocycles. The van der Waals surface area contributed by atoms with E-state index < -0.39 is 10.0 Å². The van der Waals surface area contributed by atoms with Gasteiger partial charge < -0.3 is 10.0 Å². The molecule has 0 aliphatic carbocycles. The molecule has 1 atom stereocenters. The van der Waals surface area contributed by atoms with E-state index in [2.05, 4.69) is 0 Å². The highest BCUT2D eigenvalue weighted by molar-refractivity contribution is 7.89. The van der Waals surface area contributed by atoms with Crippen LogP contribution in [0.25, 0.3) is 0 Å². The number of carbonyl (C=O) groups is 1. The number of hydrogen-bond donors (Lipinski definition) is 1. The Labute approximate surface area is 166 Å². The van der Waals surface area contributed by atoms with Gasteiger partial charge in [0.2, 0.25) is 15.9 Å². The molecular formula is C21H26N2O4S.